The number of hydrogen-bond acceptors (Lipinski definition) is 4. The molecule has 0 saturated carbocycles. The minimum Gasteiger partial charge on any atom is -0.369 e. The van der Waals surface area contributed by atoms with Crippen LogP contribution in [0.4, 0.5) is 0 Å². The summed E-state index contributed by atoms with van der Waals surface area (Å²) < 4.78 is 7.15. The van der Waals surface area contributed by atoms with Gasteiger partial charge >= 0.3 is 0 Å². The largest absolute Gasteiger partial charge is 0.369 e. The molecular formula is C16H21N3O2. The molecule has 1 unspecified atom stereocenters. The first-order valence-corrected chi connectivity index (χ1v) is 7.09. The van der Waals surface area contributed by atoms with Crippen LogP contribution in [-0.4, -0.2) is 27.7 Å². The summed E-state index contributed by atoms with van der Waals surface area (Å²) in [5.74, 6) is 1.13. The van der Waals surface area contributed by atoms with Crippen LogP contribution in [0.1, 0.15) is 31.3 Å². The van der Waals surface area contributed by atoms with E-state index in [4.69, 9.17) is 4.74 Å². The Kier molecular flexibility index (Phi) is 5.22. The Balaban J connectivity index is 2.12. The number of hydrogen-bond donors (Lipinski definition) is 0. The fraction of sp³-hybridized carbons (Fsp3) is 0.438. The van der Waals surface area contributed by atoms with E-state index in [1.54, 1.807) is 11.8 Å². The summed E-state index contributed by atoms with van der Waals surface area (Å²) in [5, 5.41) is 4.18. The standard InChI is InChI=1S/C16H21N3O2/c1-12(2)10-19-15(17-11-18-19)9-14(20)16(21-3)13-7-5-4-6-8-13/h4-8,11-12,16H,9-10H2,1-3H3. The predicted octanol–water partition coefficient (Wildman–Crippen LogP) is 2.43. The third-order valence-corrected chi connectivity index (χ3v) is 3.20. The van der Waals surface area contributed by atoms with E-state index in [0.29, 0.717) is 11.7 Å². The van der Waals surface area contributed by atoms with E-state index in [1.165, 1.54) is 6.33 Å². The first kappa shape index (κ1) is 15.4. The van der Waals surface area contributed by atoms with Crippen molar-refractivity contribution in [1.29, 1.82) is 0 Å². The van der Waals surface area contributed by atoms with Gasteiger partial charge in [-0.3, -0.25) is 4.79 Å². The molecule has 0 amide bonds. The molecule has 0 radical (unpaired) electrons. The SMILES string of the molecule is COC(C(=O)Cc1ncnn1CC(C)C)c1ccccc1. The molecule has 0 aliphatic carbocycles. The van der Waals surface area contributed by atoms with Gasteiger partial charge in [0.1, 0.15) is 18.3 Å². The van der Waals surface area contributed by atoms with Crippen LogP contribution in [0.15, 0.2) is 36.7 Å². The second kappa shape index (κ2) is 7.13. The van der Waals surface area contributed by atoms with Crippen molar-refractivity contribution >= 4 is 5.78 Å². The molecule has 0 saturated heterocycles. The highest BCUT2D eigenvalue weighted by Gasteiger charge is 2.22. The van der Waals surface area contributed by atoms with Gasteiger partial charge in [0.2, 0.25) is 0 Å². The molecule has 0 bridgehead atoms. The van der Waals surface area contributed by atoms with Crippen LogP contribution in [-0.2, 0) is 22.5 Å². The van der Waals surface area contributed by atoms with Crippen molar-refractivity contribution in [3.8, 4) is 0 Å². The second-order valence-electron chi connectivity index (χ2n) is 5.42. The molecule has 2 aromatic rings. The van der Waals surface area contributed by atoms with Gasteiger partial charge < -0.3 is 4.74 Å². The monoisotopic (exact) mass is 287 g/mol. The number of benzene rings is 1. The molecule has 0 fully saturated rings. The number of rotatable bonds is 7. The van der Waals surface area contributed by atoms with Crippen LogP contribution >= 0.6 is 0 Å². The molecule has 5 nitrogen and oxygen atoms in total. The maximum atomic E-state index is 12.5. The predicted molar refractivity (Wildman–Crippen MR) is 79.8 cm³/mol. The lowest BCUT2D eigenvalue weighted by Gasteiger charge is -2.15. The van der Waals surface area contributed by atoms with Gasteiger partial charge in [0, 0.05) is 13.7 Å². The van der Waals surface area contributed by atoms with Gasteiger partial charge in [-0.1, -0.05) is 44.2 Å². The Morgan fingerprint density at radius 2 is 2.00 bits per heavy atom. The fourth-order valence-corrected chi connectivity index (χ4v) is 2.25. The summed E-state index contributed by atoms with van der Waals surface area (Å²) in [5.41, 5.74) is 0.861. The molecular weight excluding hydrogens is 266 g/mol. The fourth-order valence-electron chi connectivity index (χ4n) is 2.25. The Morgan fingerprint density at radius 3 is 2.62 bits per heavy atom. The highest BCUT2D eigenvalue weighted by molar-refractivity contribution is 5.85. The smallest absolute Gasteiger partial charge is 0.173 e. The number of Topliss-reactive ketones (excluding diaryl/α,β-unsaturated/α-hetero) is 1. The van der Waals surface area contributed by atoms with E-state index in [2.05, 4.69) is 23.9 Å². The van der Waals surface area contributed by atoms with Crippen LogP contribution < -0.4 is 0 Å². The molecule has 112 valence electrons. The van der Waals surface area contributed by atoms with Crippen molar-refractivity contribution < 1.29 is 9.53 Å². The molecule has 0 spiro atoms. The number of carbonyl (C=O) groups is 1. The van der Waals surface area contributed by atoms with Crippen molar-refractivity contribution in [2.45, 2.75) is 32.9 Å². The maximum Gasteiger partial charge on any atom is 0.173 e. The molecule has 0 N–H and O–H groups in total. The number of ether oxygens (including phenoxy) is 1. The average Bonchev–Trinajstić information content (AvgIpc) is 2.87. The van der Waals surface area contributed by atoms with E-state index in [9.17, 15) is 4.79 Å². The Morgan fingerprint density at radius 1 is 1.29 bits per heavy atom. The summed E-state index contributed by atoms with van der Waals surface area (Å²) in [6, 6.07) is 9.50. The maximum absolute atomic E-state index is 12.5. The molecule has 0 aliphatic rings. The summed E-state index contributed by atoms with van der Waals surface area (Å²) in [4.78, 5) is 16.7. The van der Waals surface area contributed by atoms with Gasteiger partial charge in [0.15, 0.2) is 5.78 Å². The lowest BCUT2D eigenvalue weighted by molar-refractivity contribution is -0.128. The molecule has 1 heterocycles. The zero-order chi connectivity index (χ0) is 15.2. The van der Waals surface area contributed by atoms with Crippen molar-refractivity contribution in [1.82, 2.24) is 14.8 Å². The summed E-state index contributed by atoms with van der Waals surface area (Å²) in [6.45, 7) is 4.97. The minimum absolute atomic E-state index is 0.0123. The molecule has 21 heavy (non-hydrogen) atoms. The van der Waals surface area contributed by atoms with Gasteiger partial charge in [-0.05, 0) is 11.5 Å². The van der Waals surface area contributed by atoms with Crippen molar-refractivity contribution in [3.63, 3.8) is 0 Å². The van der Waals surface area contributed by atoms with Gasteiger partial charge in [-0.2, -0.15) is 5.10 Å². The van der Waals surface area contributed by atoms with Gasteiger partial charge in [0.05, 0.1) is 6.42 Å². The quantitative estimate of drug-likeness (QED) is 0.785. The first-order chi connectivity index (χ1) is 10.1. The zero-order valence-corrected chi connectivity index (χ0v) is 12.7. The highest BCUT2D eigenvalue weighted by Crippen LogP contribution is 2.19. The van der Waals surface area contributed by atoms with Gasteiger partial charge in [0.25, 0.3) is 0 Å². The topological polar surface area (TPSA) is 57.0 Å². The van der Waals surface area contributed by atoms with E-state index in [0.717, 1.165) is 12.1 Å². The Labute approximate surface area is 125 Å². The van der Waals surface area contributed by atoms with E-state index < -0.39 is 6.10 Å². The molecule has 0 aliphatic heterocycles. The Hall–Kier alpha value is -2.01. The summed E-state index contributed by atoms with van der Waals surface area (Å²) >= 11 is 0. The van der Waals surface area contributed by atoms with Crippen molar-refractivity contribution in [3.05, 3.63) is 48.0 Å². The van der Waals surface area contributed by atoms with Crippen LogP contribution in [0.2, 0.25) is 0 Å². The second-order valence-corrected chi connectivity index (χ2v) is 5.42. The van der Waals surface area contributed by atoms with Crippen LogP contribution in [0.5, 0.6) is 0 Å². The van der Waals surface area contributed by atoms with Crippen LogP contribution in [0, 0.1) is 5.92 Å². The summed E-state index contributed by atoms with van der Waals surface area (Å²) in [6.07, 6.45) is 1.16. The average molecular weight is 287 g/mol. The lowest BCUT2D eigenvalue weighted by atomic mass is 10.0. The number of nitrogens with zero attached hydrogens (tertiary/aromatic N) is 3. The van der Waals surface area contributed by atoms with Gasteiger partial charge in [-0.15, -0.1) is 0 Å². The molecule has 1 atom stereocenters. The first-order valence-electron chi connectivity index (χ1n) is 7.09. The number of carbonyl (C=O) groups excluding carboxylic acids is 1. The van der Waals surface area contributed by atoms with E-state index in [-0.39, 0.29) is 12.2 Å². The molecule has 1 aromatic carbocycles. The van der Waals surface area contributed by atoms with Crippen molar-refractivity contribution in [2.75, 3.05) is 7.11 Å². The normalized spacial score (nSPS) is 12.6. The molecule has 5 heteroatoms. The third kappa shape index (κ3) is 3.98. The third-order valence-electron chi connectivity index (χ3n) is 3.20. The number of ketones is 1. The van der Waals surface area contributed by atoms with E-state index >= 15 is 0 Å². The molecule has 2 rings (SSSR count). The zero-order valence-electron chi connectivity index (χ0n) is 12.7. The van der Waals surface area contributed by atoms with Crippen LogP contribution in [0.3, 0.4) is 0 Å². The lowest BCUT2D eigenvalue weighted by Crippen LogP contribution is -2.20. The minimum atomic E-state index is -0.560. The molecule has 1 aromatic heterocycles. The van der Waals surface area contributed by atoms with E-state index in [1.807, 2.05) is 30.3 Å². The van der Waals surface area contributed by atoms with Crippen molar-refractivity contribution in [2.24, 2.45) is 5.92 Å². The van der Waals surface area contributed by atoms with Crippen LogP contribution in [0.25, 0.3) is 0 Å². The number of methoxy groups -OCH3 is 1. The highest BCUT2D eigenvalue weighted by atomic mass is 16.5. The Bertz CT molecular complexity index is 578. The van der Waals surface area contributed by atoms with Gasteiger partial charge in [-0.25, -0.2) is 9.67 Å². The summed E-state index contributed by atoms with van der Waals surface area (Å²) in [7, 11) is 1.55. The number of aromatic nitrogens is 3.